The van der Waals surface area contributed by atoms with E-state index in [0.29, 0.717) is 26.2 Å². The number of nitrogens with zero attached hydrogens (tertiary/aromatic N) is 1. The number of carbonyl (C=O) groups excluding carboxylic acids is 2. The van der Waals surface area contributed by atoms with Crippen molar-refractivity contribution in [3.05, 3.63) is 69.6 Å². The predicted octanol–water partition coefficient (Wildman–Crippen LogP) is 3.12. The van der Waals surface area contributed by atoms with Gasteiger partial charge < -0.3 is 19.9 Å². The highest BCUT2D eigenvalue weighted by Gasteiger charge is 2.36. The number of rotatable bonds is 10. The molecule has 2 N–H and O–H groups in total. The molecule has 1 heterocycles. The number of aromatic nitrogens is 1. The van der Waals surface area contributed by atoms with Crippen molar-refractivity contribution in [2.45, 2.75) is 51.5 Å². The molecule has 1 fully saturated rings. The molecule has 0 bridgehead atoms. The Morgan fingerprint density at radius 3 is 2.21 bits per heavy atom. The van der Waals surface area contributed by atoms with Gasteiger partial charge in [0, 0.05) is 44.6 Å². The molecular weight excluding hydrogens is 418 g/mol. The molecule has 2 amide bonds. The number of amides is 2. The van der Waals surface area contributed by atoms with Gasteiger partial charge >= 0.3 is 0 Å². The highest BCUT2D eigenvalue weighted by Crippen LogP contribution is 2.40. The standard InChI is InChI=1S/C26H35N3O4/c1-19(2)15-27-24(31)21-16-29(13-14-33-3)17-22(23(21)30)25(32)28-18-26(11-7-8-12-26)20-9-5-4-6-10-20/h4-6,9-10,16-17,19H,7-8,11-15,18H2,1-3H3,(H,27,31)(H,28,32). The van der Waals surface area contributed by atoms with Crippen LogP contribution in [0.15, 0.2) is 47.5 Å². The second kappa shape index (κ2) is 11.3. The first-order valence-electron chi connectivity index (χ1n) is 11.7. The fourth-order valence-corrected chi connectivity index (χ4v) is 4.43. The minimum Gasteiger partial charge on any atom is -0.383 e. The summed E-state index contributed by atoms with van der Waals surface area (Å²) in [6.45, 7) is 5.69. The van der Waals surface area contributed by atoms with Gasteiger partial charge in [0.15, 0.2) is 0 Å². The first-order valence-corrected chi connectivity index (χ1v) is 11.7. The second-order valence-corrected chi connectivity index (χ2v) is 9.29. The molecule has 7 nitrogen and oxygen atoms in total. The Kier molecular flexibility index (Phi) is 8.44. The SMILES string of the molecule is COCCn1cc(C(=O)NCC(C)C)c(=O)c(C(=O)NCC2(c3ccccc3)CCCC2)c1. The number of benzene rings is 1. The van der Waals surface area contributed by atoms with Crippen LogP contribution in [-0.4, -0.2) is 43.2 Å². The van der Waals surface area contributed by atoms with E-state index in [1.807, 2.05) is 32.0 Å². The fourth-order valence-electron chi connectivity index (χ4n) is 4.43. The summed E-state index contributed by atoms with van der Waals surface area (Å²) in [6.07, 6.45) is 7.22. The molecule has 1 aliphatic rings. The van der Waals surface area contributed by atoms with E-state index in [4.69, 9.17) is 4.74 Å². The van der Waals surface area contributed by atoms with E-state index in [9.17, 15) is 14.4 Å². The summed E-state index contributed by atoms with van der Waals surface area (Å²) in [5.41, 5.74) is 0.477. The maximum absolute atomic E-state index is 13.2. The monoisotopic (exact) mass is 453 g/mol. The van der Waals surface area contributed by atoms with Crippen LogP contribution >= 0.6 is 0 Å². The third kappa shape index (κ3) is 6.11. The van der Waals surface area contributed by atoms with Crippen molar-refractivity contribution in [3.63, 3.8) is 0 Å². The number of pyridine rings is 1. The summed E-state index contributed by atoms with van der Waals surface area (Å²) in [5, 5.41) is 5.78. The van der Waals surface area contributed by atoms with Crippen LogP contribution in [0.4, 0.5) is 0 Å². The van der Waals surface area contributed by atoms with Gasteiger partial charge in [-0.1, -0.05) is 57.0 Å². The van der Waals surface area contributed by atoms with Crippen molar-refractivity contribution in [3.8, 4) is 0 Å². The Balaban J connectivity index is 1.85. The molecule has 7 heteroatoms. The van der Waals surface area contributed by atoms with Gasteiger partial charge in [0.05, 0.1) is 6.61 Å². The summed E-state index contributed by atoms with van der Waals surface area (Å²) < 4.78 is 6.81. The lowest BCUT2D eigenvalue weighted by atomic mass is 9.79. The number of hydrogen-bond donors (Lipinski definition) is 2. The average Bonchev–Trinajstić information content (AvgIpc) is 3.31. The van der Waals surface area contributed by atoms with E-state index in [0.717, 1.165) is 25.7 Å². The number of hydrogen-bond acceptors (Lipinski definition) is 4. The van der Waals surface area contributed by atoms with Gasteiger partial charge in [-0.15, -0.1) is 0 Å². The van der Waals surface area contributed by atoms with Gasteiger partial charge in [-0.05, 0) is 24.3 Å². The normalized spacial score (nSPS) is 14.9. The Morgan fingerprint density at radius 2 is 1.64 bits per heavy atom. The largest absolute Gasteiger partial charge is 0.383 e. The first-order chi connectivity index (χ1) is 15.9. The molecule has 0 saturated heterocycles. The van der Waals surface area contributed by atoms with E-state index in [-0.39, 0.29) is 22.5 Å². The van der Waals surface area contributed by atoms with Gasteiger partial charge in [0.25, 0.3) is 11.8 Å². The van der Waals surface area contributed by atoms with E-state index < -0.39 is 17.2 Å². The van der Waals surface area contributed by atoms with Crippen LogP contribution in [0.25, 0.3) is 0 Å². The van der Waals surface area contributed by atoms with Crippen LogP contribution in [0.2, 0.25) is 0 Å². The highest BCUT2D eigenvalue weighted by atomic mass is 16.5. The fraction of sp³-hybridized carbons (Fsp3) is 0.500. The number of ether oxygens (including phenoxy) is 1. The molecule has 33 heavy (non-hydrogen) atoms. The Hall–Kier alpha value is -2.93. The van der Waals surface area contributed by atoms with Gasteiger partial charge in [0.1, 0.15) is 11.1 Å². The van der Waals surface area contributed by atoms with E-state index in [2.05, 4.69) is 22.8 Å². The molecule has 1 saturated carbocycles. The smallest absolute Gasteiger partial charge is 0.256 e. The lowest BCUT2D eigenvalue weighted by Gasteiger charge is -2.30. The van der Waals surface area contributed by atoms with Crippen molar-refractivity contribution in [1.29, 1.82) is 0 Å². The minimum absolute atomic E-state index is 0.0236. The van der Waals surface area contributed by atoms with Gasteiger partial charge in [-0.2, -0.15) is 0 Å². The zero-order chi connectivity index (χ0) is 23.8. The zero-order valence-electron chi connectivity index (χ0n) is 19.9. The quantitative estimate of drug-likeness (QED) is 0.578. The minimum atomic E-state index is -0.553. The lowest BCUT2D eigenvalue weighted by Crippen LogP contribution is -2.41. The molecule has 3 rings (SSSR count). The molecule has 1 aliphatic carbocycles. The van der Waals surface area contributed by atoms with Crippen LogP contribution in [0.3, 0.4) is 0 Å². The first kappa shape index (κ1) is 24.7. The average molecular weight is 454 g/mol. The van der Waals surface area contributed by atoms with Crippen molar-refractivity contribution >= 4 is 11.8 Å². The molecule has 0 aliphatic heterocycles. The lowest BCUT2D eigenvalue weighted by molar-refractivity contribution is 0.0940. The van der Waals surface area contributed by atoms with Crippen LogP contribution in [0.1, 0.15) is 65.8 Å². The summed E-state index contributed by atoms with van der Waals surface area (Å²) in [6, 6.07) is 10.2. The summed E-state index contributed by atoms with van der Waals surface area (Å²) >= 11 is 0. The zero-order valence-corrected chi connectivity index (χ0v) is 19.9. The second-order valence-electron chi connectivity index (χ2n) is 9.29. The van der Waals surface area contributed by atoms with Crippen molar-refractivity contribution in [2.24, 2.45) is 5.92 Å². The summed E-state index contributed by atoms with van der Waals surface area (Å²) in [4.78, 5) is 39.0. The topological polar surface area (TPSA) is 89.4 Å². The highest BCUT2D eigenvalue weighted by molar-refractivity contribution is 5.99. The maximum Gasteiger partial charge on any atom is 0.256 e. The van der Waals surface area contributed by atoms with Crippen molar-refractivity contribution in [1.82, 2.24) is 15.2 Å². The molecule has 0 atom stereocenters. The molecule has 0 radical (unpaired) electrons. The third-order valence-electron chi connectivity index (χ3n) is 6.33. The van der Waals surface area contributed by atoms with Crippen LogP contribution in [-0.2, 0) is 16.7 Å². The third-order valence-corrected chi connectivity index (χ3v) is 6.33. The van der Waals surface area contributed by atoms with E-state index >= 15 is 0 Å². The van der Waals surface area contributed by atoms with Crippen molar-refractivity contribution < 1.29 is 14.3 Å². The predicted molar refractivity (Wildman–Crippen MR) is 129 cm³/mol. The Bertz CT molecular complexity index is 1010. The Morgan fingerprint density at radius 1 is 1.03 bits per heavy atom. The van der Waals surface area contributed by atoms with Crippen LogP contribution < -0.4 is 16.1 Å². The van der Waals surface area contributed by atoms with Gasteiger partial charge in [-0.3, -0.25) is 14.4 Å². The molecule has 1 aromatic heterocycles. The number of methoxy groups -OCH3 is 1. The number of carbonyl (C=O) groups is 2. The van der Waals surface area contributed by atoms with Gasteiger partial charge in [0.2, 0.25) is 5.43 Å². The molecular formula is C26H35N3O4. The number of nitrogens with one attached hydrogen (secondary N) is 2. The molecule has 0 spiro atoms. The van der Waals surface area contributed by atoms with E-state index in [1.54, 1.807) is 11.7 Å². The Labute approximate surface area is 195 Å². The van der Waals surface area contributed by atoms with Crippen molar-refractivity contribution in [2.75, 3.05) is 26.8 Å². The van der Waals surface area contributed by atoms with E-state index in [1.165, 1.54) is 18.0 Å². The molecule has 1 aromatic carbocycles. The molecule has 178 valence electrons. The van der Waals surface area contributed by atoms with Crippen LogP contribution in [0.5, 0.6) is 0 Å². The maximum atomic E-state index is 13.2. The van der Waals surface area contributed by atoms with Crippen LogP contribution in [0, 0.1) is 5.92 Å². The molecule has 2 aromatic rings. The molecule has 0 unspecified atom stereocenters. The summed E-state index contributed by atoms with van der Waals surface area (Å²) in [7, 11) is 1.58. The summed E-state index contributed by atoms with van der Waals surface area (Å²) in [5.74, 6) is -0.672. The van der Waals surface area contributed by atoms with Gasteiger partial charge in [-0.25, -0.2) is 0 Å².